The lowest BCUT2D eigenvalue weighted by molar-refractivity contribution is 0.506. The van der Waals surface area contributed by atoms with Crippen molar-refractivity contribution in [2.45, 2.75) is 51.5 Å². The molecule has 1 nitrogen and oxygen atoms in total. The van der Waals surface area contributed by atoms with Crippen molar-refractivity contribution in [2.75, 3.05) is 0 Å². The molecule has 1 aromatic rings. The van der Waals surface area contributed by atoms with Crippen LogP contribution in [-0.4, -0.2) is 4.57 Å². The molecule has 2 heterocycles. The van der Waals surface area contributed by atoms with Crippen molar-refractivity contribution in [2.24, 2.45) is 0 Å². The highest BCUT2D eigenvalue weighted by molar-refractivity contribution is 5.31. The van der Waals surface area contributed by atoms with E-state index in [9.17, 15) is 0 Å². The molecule has 0 atom stereocenters. The third-order valence-electron chi connectivity index (χ3n) is 3.56. The molecule has 0 bridgehead atoms. The van der Waals surface area contributed by atoms with E-state index >= 15 is 0 Å². The Morgan fingerprint density at radius 3 is 2.77 bits per heavy atom. The molecule has 70 valence electrons. The van der Waals surface area contributed by atoms with Crippen molar-refractivity contribution in [1.29, 1.82) is 0 Å². The number of hydrogen-bond acceptors (Lipinski definition) is 0. The summed E-state index contributed by atoms with van der Waals surface area (Å²) >= 11 is 0. The minimum atomic E-state index is 1.30. The molecule has 0 radical (unpaired) electrons. The largest absolute Gasteiger partial charge is 0.348 e. The summed E-state index contributed by atoms with van der Waals surface area (Å²) in [6, 6.07) is 2.48. The van der Waals surface area contributed by atoms with Crippen LogP contribution in [-0.2, 0) is 25.8 Å². The Morgan fingerprint density at radius 2 is 1.77 bits per heavy atom. The summed E-state index contributed by atoms with van der Waals surface area (Å²) in [5.41, 5.74) is 4.97. The standard InChI is InChI=1S/C12H17N/c1-2-7-12-10(5-1)9-11-6-3-4-8-13(11)12/h9H,1-8H2. The Kier molecular flexibility index (Phi) is 1.71. The van der Waals surface area contributed by atoms with E-state index in [4.69, 9.17) is 0 Å². The molecular formula is C12H17N. The lowest BCUT2D eigenvalue weighted by Crippen LogP contribution is -2.14. The fourth-order valence-electron chi connectivity index (χ4n) is 2.89. The zero-order valence-electron chi connectivity index (χ0n) is 8.18. The van der Waals surface area contributed by atoms with Crippen LogP contribution in [0.15, 0.2) is 6.07 Å². The van der Waals surface area contributed by atoms with Crippen LogP contribution in [0.5, 0.6) is 0 Å². The molecule has 0 spiro atoms. The molecule has 3 rings (SSSR count). The number of aryl methyl sites for hydroxylation is 2. The molecule has 1 aliphatic carbocycles. The molecular weight excluding hydrogens is 158 g/mol. The predicted octanol–water partition coefficient (Wildman–Crippen LogP) is 2.70. The maximum Gasteiger partial charge on any atom is 0.0225 e. The number of rotatable bonds is 0. The smallest absolute Gasteiger partial charge is 0.0225 e. The molecule has 1 aliphatic heterocycles. The van der Waals surface area contributed by atoms with Crippen LogP contribution in [0.3, 0.4) is 0 Å². The number of nitrogens with zero attached hydrogens (tertiary/aromatic N) is 1. The highest BCUT2D eigenvalue weighted by atomic mass is 15.0. The first kappa shape index (κ1) is 7.66. The molecule has 0 fully saturated rings. The van der Waals surface area contributed by atoms with Crippen LogP contribution < -0.4 is 0 Å². The molecule has 0 N–H and O–H groups in total. The number of aromatic nitrogens is 1. The van der Waals surface area contributed by atoms with Gasteiger partial charge in [-0.25, -0.2) is 0 Å². The first-order valence-corrected chi connectivity index (χ1v) is 5.65. The number of fused-ring (bicyclic) bond motifs is 3. The second-order valence-electron chi connectivity index (χ2n) is 4.42. The second-order valence-corrected chi connectivity index (χ2v) is 4.42. The summed E-state index contributed by atoms with van der Waals surface area (Å²) in [5, 5.41) is 0. The fourth-order valence-corrected chi connectivity index (χ4v) is 2.89. The van der Waals surface area contributed by atoms with Gasteiger partial charge in [-0.1, -0.05) is 0 Å². The van der Waals surface area contributed by atoms with Crippen LogP contribution in [0.1, 0.15) is 42.6 Å². The van der Waals surface area contributed by atoms with Gasteiger partial charge in [-0.15, -0.1) is 0 Å². The van der Waals surface area contributed by atoms with Gasteiger partial charge >= 0.3 is 0 Å². The Morgan fingerprint density at radius 1 is 0.923 bits per heavy atom. The van der Waals surface area contributed by atoms with Gasteiger partial charge in [-0.05, 0) is 56.6 Å². The Hall–Kier alpha value is -0.720. The summed E-state index contributed by atoms with van der Waals surface area (Å²) in [7, 11) is 0. The van der Waals surface area contributed by atoms with Crippen LogP contribution >= 0.6 is 0 Å². The minimum absolute atomic E-state index is 1.30. The van der Waals surface area contributed by atoms with E-state index in [1.165, 1.54) is 51.5 Å². The Balaban J connectivity index is 2.09. The quantitative estimate of drug-likeness (QED) is 0.571. The lowest BCUT2D eigenvalue weighted by Gasteiger charge is -2.20. The van der Waals surface area contributed by atoms with Gasteiger partial charge in [0, 0.05) is 17.9 Å². The van der Waals surface area contributed by atoms with Gasteiger partial charge in [-0.3, -0.25) is 0 Å². The van der Waals surface area contributed by atoms with Crippen molar-refractivity contribution in [3.05, 3.63) is 23.0 Å². The first-order chi connectivity index (χ1) is 6.45. The maximum atomic E-state index is 2.61. The third kappa shape index (κ3) is 1.13. The molecule has 13 heavy (non-hydrogen) atoms. The SMILES string of the molecule is c1c2c(n3c1CCCC3)CCCC2. The predicted molar refractivity (Wildman–Crippen MR) is 54.0 cm³/mol. The molecule has 0 aromatic carbocycles. The molecule has 0 saturated carbocycles. The highest BCUT2D eigenvalue weighted by Gasteiger charge is 2.19. The van der Waals surface area contributed by atoms with Gasteiger partial charge in [0.2, 0.25) is 0 Å². The average molecular weight is 175 g/mol. The summed E-state index contributed by atoms with van der Waals surface area (Å²) in [4.78, 5) is 0. The Bertz CT molecular complexity index is 292. The maximum absolute atomic E-state index is 2.61. The van der Waals surface area contributed by atoms with Crippen molar-refractivity contribution in [3.63, 3.8) is 0 Å². The van der Waals surface area contributed by atoms with Gasteiger partial charge in [0.1, 0.15) is 0 Å². The minimum Gasteiger partial charge on any atom is -0.348 e. The van der Waals surface area contributed by atoms with Crippen LogP contribution in [0.25, 0.3) is 0 Å². The van der Waals surface area contributed by atoms with E-state index in [-0.39, 0.29) is 0 Å². The molecule has 1 heteroatoms. The lowest BCUT2D eigenvalue weighted by atomic mass is 9.98. The second kappa shape index (κ2) is 2.90. The summed E-state index contributed by atoms with van der Waals surface area (Å²) in [6.45, 7) is 1.30. The summed E-state index contributed by atoms with van der Waals surface area (Å²) < 4.78 is 2.61. The van der Waals surface area contributed by atoms with Crippen LogP contribution in [0.2, 0.25) is 0 Å². The van der Waals surface area contributed by atoms with Crippen LogP contribution in [0.4, 0.5) is 0 Å². The van der Waals surface area contributed by atoms with E-state index in [2.05, 4.69) is 10.6 Å². The molecule has 2 aliphatic rings. The number of hydrogen-bond donors (Lipinski definition) is 0. The monoisotopic (exact) mass is 175 g/mol. The molecule has 0 saturated heterocycles. The average Bonchev–Trinajstić information content (AvgIpc) is 2.56. The van der Waals surface area contributed by atoms with E-state index in [1.807, 2.05) is 0 Å². The van der Waals surface area contributed by atoms with Gasteiger partial charge in [0.05, 0.1) is 0 Å². The zero-order valence-corrected chi connectivity index (χ0v) is 8.18. The van der Waals surface area contributed by atoms with Gasteiger partial charge < -0.3 is 4.57 Å². The van der Waals surface area contributed by atoms with Crippen molar-refractivity contribution in [3.8, 4) is 0 Å². The van der Waals surface area contributed by atoms with Crippen LogP contribution in [0, 0.1) is 0 Å². The van der Waals surface area contributed by atoms with E-state index in [0.29, 0.717) is 0 Å². The van der Waals surface area contributed by atoms with E-state index < -0.39 is 0 Å². The zero-order chi connectivity index (χ0) is 8.67. The molecule has 0 amide bonds. The normalized spacial score (nSPS) is 20.9. The summed E-state index contributed by atoms with van der Waals surface area (Å²) in [6.07, 6.45) is 9.64. The van der Waals surface area contributed by atoms with Crippen molar-refractivity contribution >= 4 is 0 Å². The highest BCUT2D eigenvalue weighted by Crippen LogP contribution is 2.28. The van der Waals surface area contributed by atoms with Gasteiger partial charge in [0.25, 0.3) is 0 Å². The van der Waals surface area contributed by atoms with Crippen molar-refractivity contribution < 1.29 is 0 Å². The van der Waals surface area contributed by atoms with E-state index in [1.54, 1.807) is 17.0 Å². The summed E-state index contributed by atoms with van der Waals surface area (Å²) in [5.74, 6) is 0. The van der Waals surface area contributed by atoms with Gasteiger partial charge in [-0.2, -0.15) is 0 Å². The molecule has 1 aromatic heterocycles. The third-order valence-corrected chi connectivity index (χ3v) is 3.56. The van der Waals surface area contributed by atoms with Gasteiger partial charge in [0.15, 0.2) is 0 Å². The first-order valence-electron chi connectivity index (χ1n) is 5.65. The topological polar surface area (TPSA) is 4.93 Å². The Labute approximate surface area is 79.8 Å². The fraction of sp³-hybridized carbons (Fsp3) is 0.667. The molecule has 0 unspecified atom stereocenters. The van der Waals surface area contributed by atoms with E-state index in [0.717, 1.165) is 0 Å². The van der Waals surface area contributed by atoms with Crippen molar-refractivity contribution in [1.82, 2.24) is 4.57 Å².